The maximum atomic E-state index is 3.58. The molecule has 11 heavy (non-hydrogen) atoms. The highest BCUT2D eigenvalue weighted by atomic mass is 80.0. The summed E-state index contributed by atoms with van der Waals surface area (Å²) in [4.78, 5) is 0. The van der Waals surface area contributed by atoms with E-state index in [1.165, 1.54) is 10.8 Å². The molecule has 1 aromatic carbocycles. The summed E-state index contributed by atoms with van der Waals surface area (Å²) in [6, 6.07) is 8.47. The molecule has 0 atom stereocenters. The third-order valence-electron chi connectivity index (χ3n) is 1.38. The lowest BCUT2D eigenvalue weighted by Gasteiger charge is -2.08. The molecule has 0 radical (unpaired) electrons. The van der Waals surface area contributed by atoms with E-state index in [9.17, 15) is 0 Å². The molecule has 1 rings (SSSR count). The minimum Gasteiger partial charge on any atom is -0.0910 e. The van der Waals surface area contributed by atoms with Crippen molar-refractivity contribution in [2.45, 2.75) is 6.92 Å². The van der Waals surface area contributed by atoms with Crippen LogP contribution in [-0.2, 0) is 0 Å². The van der Waals surface area contributed by atoms with E-state index < -0.39 is 3.93 Å². The first-order valence-electron chi connectivity index (χ1n) is 3.14. The Hall–Kier alpha value is 0.877. The summed E-state index contributed by atoms with van der Waals surface area (Å²) in [7, 11) is 0. The van der Waals surface area contributed by atoms with E-state index in [0.717, 1.165) is 0 Å². The smallest absolute Gasteiger partial charge is 0.0910 e. The second-order valence-electron chi connectivity index (χ2n) is 2.36. The Kier molecular flexibility index (Phi) is 3.37. The fourth-order valence-corrected chi connectivity index (χ4v) is 3.67. The van der Waals surface area contributed by atoms with Crippen LogP contribution in [0.25, 0.3) is 0 Å². The van der Waals surface area contributed by atoms with E-state index in [1.54, 1.807) is 0 Å². The Morgan fingerprint density at radius 2 is 1.45 bits per heavy atom. The molecular weight excluding hydrogens is 352 g/mol. The molecule has 0 saturated heterocycles. The monoisotopic (exact) mass is 356 g/mol. The van der Waals surface area contributed by atoms with Gasteiger partial charge in [-0.1, -0.05) is 75.7 Å². The van der Waals surface area contributed by atoms with Gasteiger partial charge in [-0.25, -0.2) is 0 Å². The lowest BCUT2D eigenvalue weighted by atomic mass is 10.2. The fourth-order valence-electron chi connectivity index (χ4n) is 0.743. The third-order valence-corrected chi connectivity index (χ3v) is 6.49. The van der Waals surface area contributed by atoms with Gasteiger partial charge >= 0.3 is 0 Å². The molecule has 0 aliphatic heterocycles. The Balaban J connectivity index is 2.99. The molecule has 0 N–H and O–H groups in total. The largest absolute Gasteiger partial charge is 0.297 e. The second kappa shape index (κ2) is 3.73. The predicted molar refractivity (Wildman–Crippen MR) is 63.3 cm³/mol. The van der Waals surface area contributed by atoms with E-state index in [1.807, 2.05) is 0 Å². The summed E-state index contributed by atoms with van der Waals surface area (Å²) < 4.78 is -1.62. The zero-order valence-electron chi connectivity index (χ0n) is 5.94. The van der Waals surface area contributed by atoms with Crippen LogP contribution in [0.15, 0.2) is 24.3 Å². The second-order valence-corrected chi connectivity index (χ2v) is 24.2. The number of hydrogen-bond donors (Lipinski definition) is 0. The van der Waals surface area contributed by atoms with E-state index in [0.29, 0.717) is 0 Å². The topological polar surface area (TPSA) is 0 Å². The molecule has 0 saturated carbocycles. The van der Waals surface area contributed by atoms with Crippen molar-refractivity contribution in [2.75, 3.05) is 0 Å². The average Bonchev–Trinajstić information content (AvgIpc) is 1.86. The molecule has 4 heteroatoms. The van der Waals surface area contributed by atoms with Gasteiger partial charge in [0.05, 0.1) is 0 Å². The molecule has 0 fully saturated rings. The highest BCUT2D eigenvalue weighted by Crippen LogP contribution is 2.26. The first kappa shape index (κ1) is 9.96. The van der Waals surface area contributed by atoms with Crippen molar-refractivity contribution in [3.05, 3.63) is 29.8 Å². The summed E-state index contributed by atoms with van der Waals surface area (Å²) in [5.41, 5.74) is 1.29. The van der Waals surface area contributed by atoms with Gasteiger partial charge in [-0.05, 0) is 12.1 Å². The van der Waals surface area contributed by atoms with Crippen LogP contribution in [0.3, 0.4) is 0 Å². The number of benzene rings is 1. The van der Waals surface area contributed by atoms with E-state index in [2.05, 4.69) is 77.1 Å². The van der Waals surface area contributed by atoms with Crippen LogP contribution < -0.4 is 5.19 Å². The van der Waals surface area contributed by atoms with Crippen LogP contribution in [-0.4, -0.2) is 3.93 Å². The Morgan fingerprint density at radius 3 is 1.82 bits per heavy atom. The summed E-state index contributed by atoms with van der Waals surface area (Å²) in [5.74, 6) is 0. The van der Waals surface area contributed by atoms with Crippen molar-refractivity contribution in [1.29, 1.82) is 0 Å². The predicted octanol–water partition coefficient (Wildman–Crippen LogP) is 3.33. The molecular formula is C7H7Br3Si. The molecule has 0 amide bonds. The minimum atomic E-state index is -1.62. The molecule has 0 bridgehead atoms. The Labute approximate surface area is 91.1 Å². The maximum Gasteiger partial charge on any atom is 0.297 e. The summed E-state index contributed by atoms with van der Waals surface area (Å²) >= 11 is 10.8. The van der Waals surface area contributed by atoms with Crippen LogP contribution in [0.4, 0.5) is 0 Å². The van der Waals surface area contributed by atoms with Crippen molar-refractivity contribution < 1.29 is 0 Å². The van der Waals surface area contributed by atoms with Gasteiger partial charge in [-0.15, -0.1) is 0 Å². The summed E-state index contributed by atoms with van der Waals surface area (Å²) in [6.07, 6.45) is 0. The number of halogens is 3. The first-order valence-corrected chi connectivity index (χ1v) is 11.9. The number of aryl methyl sites for hydroxylation is 1. The SMILES string of the molecule is Cc1ccc([Si](Br)(Br)Br)cc1. The van der Waals surface area contributed by atoms with Gasteiger partial charge in [0, 0.05) is 0 Å². The van der Waals surface area contributed by atoms with Gasteiger partial charge in [0.2, 0.25) is 0 Å². The van der Waals surface area contributed by atoms with E-state index in [4.69, 9.17) is 0 Å². The van der Waals surface area contributed by atoms with Gasteiger partial charge in [-0.3, -0.25) is 0 Å². The molecule has 0 unspecified atom stereocenters. The lowest BCUT2D eigenvalue weighted by Crippen LogP contribution is -2.27. The van der Waals surface area contributed by atoms with Gasteiger partial charge in [0.15, 0.2) is 0 Å². The van der Waals surface area contributed by atoms with Crippen molar-refractivity contribution in [3.63, 3.8) is 0 Å². The van der Waals surface area contributed by atoms with Crippen molar-refractivity contribution in [2.24, 2.45) is 0 Å². The molecule has 0 spiro atoms. The van der Waals surface area contributed by atoms with Gasteiger partial charge in [0.25, 0.3) is 3.93 Å². The highest BCUT2D eigenvalue weighted by molar-refractivity contribution is 9.72. The van der Waals surface area contributed by atoms with Crippen LogP contribution in [0, 0.1) is 6.92 Å². The average molecular weight is 359 g/mol. The summed E-state index contributed by atoms with van der Waals surface area (Å²) in [5, 5.41) is 1.29. The minimum absolute atomic E-state index is 1.29. The van der Waals surface area contributed by atoms with Crippen LogP contribution >= 0.6 is 45.9 Å². The van der Waals surface area contributed by atoms with E-state index >= 15 is 0 Å². The highest BCUT2D eigenvalue weighted by Gasteiger charge is 2.24. The molecule has 0 aliphatic rings. The molecule has 60 valence electrons. The Morgan fingerprint density at radius 1 is 1.00 bits per heavy atom. The zero-order chi connectivity index (χ0) is 8.48. The number of rotatable bonds is 1. The third kappa shape index (κ3) is 3.01. The first-order chi connectivity index (χ1) is 5.00. The lowest BCUT2D eigenvalue weighted by molar-refractivity contribution is 1.49. The van der Waals surface area contributed by atoms with E-state index in [-0.39, 0.29) is 0 Å². The normalized spacial score (nSPS) is 11.6. The number of hydrogen-bond acceptors (Lipinski definition) is 0. The van der Waals surface area contributed by atoms with Crippen LogP contribution in [0.1, 0.15) is 5.56 Å². The maximum absolute atomic E-state index is 3.58. The quantitative estimate of drug-likeness (QED) is 0.533. The van der Waals surface area contributed by atoms with Crippen molar-refractivity contribution >= 4 is 55.0 Å². The van der Waals surface area contributed by atoms with Gasteiger partial charge < -0.3 is 0 Å². The summed E-state index contributed by atoms with van der Waals surface area (Å²) in [6.45, 7) is 2.09. The zero-order valence-corrected chi connectivity index (χ0v) is 11.7. The molecule has 0 heterocycles. The van der Waals surface area contributed by atoms with Gasteiger partial charge in [-0.2, -0.15) is 0 Å². The standard InChI is InChI=1S/C7H7Br3Si/c1-6-2-4-7(5-3-6)11(8,9)10/h2-5H,1H3. The Bertz CT molecular complexity index is 237. The molecule has 0 nitrogen and oxygen atoms in total. The van der Waals surface area contributed by atoms with Crippen LogP contribution in [0.2, 0.25) is 0 Å². The van der Waals surface area contributed by atoms with Crippen molar-refractivity contribution in [1.82, 2.24) is 0 Å². The molecule has 0 aromatic heterocycles. The molecule has 1 aromatic rings. The molecule has 0 aliphatic carbocycles. The fraction of sp³-hybridized carbons (Fsp3) is 0.143. The van der Waals surface area contributed by atoms with Crippen LogP contribution in [0.5, 0.6) is 0 Å². The van der Waals surface area contributed by atoms with Gasteiger partial charge in [0.1, 0.15) is 0 Å². The van der Waals surface area contributed by atoms with Crippen molar-refractivity contribution in [3.8, 4) is 0 Å².